The fourth-order valence-corrected chi connectivity index (χ4v) is 2.65. The average Bonchev–Trinajstić information content (AvgIpc) is 2.74. The largest absolute Gasteiger partial charge is 0.344 e. The topological polar surface area (TPSA) is 49.4 Å². The van der Waals surface area contributed by atoms with Crippen LogP contribution >= 0.6 is 11.8 Å². The predicted octanol–water partition coefficient (Wildman–Crippen LogP) is 1.26. The smallest absolute Gasteiger partial charge is 0.245 e. The third-order valence-electron chi connectivity index (χ3n) is 3.19. The van der Waals surface area contributed by atoms with E-state index in [4.69, 9.17) is 0 Å². The van der Waals surface area contributed by atoms with Crippen LogP contribution in [0.3, 0.4) is 0 Å². The van der Waals surface area contributed by atoms with Gasteiger partial charge in [0.15, 0.2) is 0 Å². The van der Waals surface area contributed by atoms with Crippen LogP contribution in [-0.2, 0) is 9.59 Å². The van der Waals surface area contributed by atoms with Crippen molar-refractivity contribution < 1.29 is 9.59 Å². The molecule has 0 unspecified atom stereocenters. The average molecular weight is 258 g/mol. The minimum Gasteiger partial charge on any atom is -0.344 e. The van der Waals surface area contributed by atoms with Gasteiger partial charge >= 0.3 is 0 Å². The van der Waals surface area contributed by atoms with E-state index < -0.39 is 0 Å². The maximum absolute atomic E-state index is 12.1. The molecule has 0 bridgehead atoms. The zero-order valence-electron chi connectivity index (χ0n) is 10.9. The lowest BCUT2D eigenvalue weighted by atomic mass is 10.1. The van der Waals surface area contributed by atoms with E-state index in [2.05, 4.69) is 19.2 Å². The Balaban J connectivity index is 2.37. The fraction of sp³-hybridized carbons (Fsp3) is 0.833. The second kappa shape index (κ2) is 6.89. The van der Waals surface area contributed by atoms with Crippen LogP contribution in [0.1, 0.15) is 33.1 Å². The number of rotatable bonds is 6. The van der Waals surface area contributed by atoms with E-state index in [-0.39, 0.29) is 23.9 Å². The van der Waals surface area contributed by atoms with E-state index >= 15 is 0 Å². The summed E-state index contributed by atoms with van der Waals surface area (Å²) in [6, 6.07) is -0.0622. The molecule has 0 aliphatic carbocycles. The van der Waals surface area contributed by atoms with Crippen LogP contribution in [0.15, 0.2) is 0 Å². The Morgan fingerprint density at radius 2 is 2.35 bits per heavy atom. The molecule has 1 rings (SSSR count). The van der Waals surface area contributed by atoms with Crippen molar-refractivity contribution in [3.05, 3.63) is 0 Å². The van der Waals surface area contributed by atoms with Crippen molar-refractivity contribution in [2.24, 2.45) is 0 Å². The van der Waals surface area contributed by atoms with Gasteiger partial charge in [0.2, 0.25) is 11.8 Å². The number of carbonyl (C=O) groups is 2. The molecular weight excluding hydrogens is 236 g/mol. The van der Waals surface area contributed by atoms with Crippen molar-refractivity contribution in [2.75, 3.05) is 18.6 Å². The van der Waals surface area contributed by atoms with Crippen LogP contribution in [0, 0.1) is 0 Å². The molecule has 0 aromatic heterocycles. The second-order valence-corrected chi connectivity index (χ2v) is 5.84. The molecule has 0 aromatic carbocycles. The first kappa shape index (κ1) is 14.4. The van der Waals surface area contributed by atoms with Gasteiger partial charge in [-0.2, -0.15) is 11.8 Å². The lowest BCUT2D eigenvalue weighted by molar-refractivity contribution is -0.134. The molecule has 2 atom stereocenters. The highest BCUT2D eigenvalue weighted by molar-refractivity contribution is 7.99. The number of nitrogens with one attached hydrogen (secondary N) is 1. The van der Waals surface area contributed by atoms with Gasteiger partial charge in [0.25, 0.3) is 0 Å². The van der Waals surface area contributed by atoms with Crippen molar-refractivity contribution in [3.63, 3.8) is 0 Å². The highest BCUT2D eigenvalue weighted by atomic mass is 32.2. The summed E-state index contributed by atoms with van der Waals surface area (Å²) < 4.78 is 0. The van der Waals surface area contributed by atoms with Crippen LogP contribution < -0.4 is 5.32 Å². The molecule has 4 nitrogen and oxygen atoms in total. The van der Waals surface area contributed by atoms with Gasteiger partial charge in [-0.05, 0) is 31.3 Å². The fourth-order valence-electron chi connectivity index (χ4n) is 1.85. The molecule has 98 valence electrons. The summed E-state index contributed by atoms with van der Waals surface area (Å²) in [5.74, 6) is 2.23. The lowest BCUT2D eigenvalue weighted by Crippen LogP contribution is -2.46. The van der Waals surface area contributed by atoms with Crippen molar-refractivity contribution in [1.29, 1.82) is 0 Å². The van der Waals surface area contributed by atoms with E-state index in [1.807, 2.05) is 18.8 Å². The Kier molecular flexibility index (Phi) is 5.82. The van der Waals surface area contributed by atoms with E-state index in [1.54, 1.807) is 4.90 Å². The summed E-state index contributed by atoms with van der Waals surface area (Å²) >= 11 is 1.89. The van der Waals surface area contributed by atoms with Gasteiger partial charge in [-0.1, -0.05) is 6.92 Å². The number of nitrogens with zero attached hydrogens (tertiary/aromatic N) is 1. The van der Waals surface area contributed by atoms with Gasteiger partial charge in [0, 0.05) is 19.5 Å². The van der Waals surface area contributed by atoms with E-state index in [9.17, 15) is 9.59 Å². The van der Waals surface area contributed by atoms with Gasteiger partial charge in [0.05, 0.1) is 0 Å². The lowest BCUT2D eigenvalue weighted by Gasteiger charge is -2.27. The zero-order chi connectivity index (χ0) is 12.8. The van der Waals surface area contributed by atoms with Gasteiger partial charge in [-0.3, -0.25) is 9.59 Å². The van der Waals surface area contributed by atoms with Crippen LogP contribution in [-0.4, -0.2) is 47.4 Å². The van der Waals surface area contributed by atoms with Crippen molar-refractivity contribution in [1.82, 2.24) is 10.2 Å². The predicted molar refractivity (Wildman–Crippen MR) is 71.0 cm³/mol. The molecule has 1 aliphatic heterocycles. The van der Waals surface area contributed by atoms with Crippen LogP contribution in [0.25, 0.3) is 0 Å². The standard InChI is InChI=1S/C12H22N2O2S/c1-4-17-8-7-9(2)14(3)12(16)10-5-6-11(15)13-10/h9-10H,4-8H2,1-3H3,(H,13,15)/t9-,10-/m1/s1. The van der Waals surface area contributed by atoms with Gasteiger partial charge in [-0.25, -0.2) is 0 Å². The molecule has 17 heavy (non-hydrogen) atoms. The normalized spacial score (nSPS) is 21.1. The van der Waals surface area contributed by atoms with E-state index in [0.29, 0.717) is 12.8 Å². The number of hydrogen-bond donors (Lipinski definition) is 1. The van der Waals surface area contributed by atoms with Crippen LogP contribution in [0.5, 0.6) is 0 Å². The molecule has 1 fully saturated rings. The quantitative estimate of drug-likeness (QED) is 0.730. The molecule has 1 heterocycles. The first-order valence-electron chi connectivity index (χ1n) is 6.20. The summed E-state index contributed by atoms with van der Waals surface area (Å²) in [4.78, 5) is 24.9. The summed E-state index contributed by atoms with van der Waals surface area (Å²) in [5.41, 5.74) is 0. The molecule has 5 heteroatoms. The number of amides is 2. The second-order valence-electron chi connectivity index (χ2n) is 4.44. The van der Waals surface area contributed by atoms with Crippen LogP contribution in [0.4, 0.5) is 0 Å². The number of hydrogen-bond acceptors (Lipinski definition) is 3. The number of likely N-dealkylation sites (N-methyl/N-ethyl adjacent to an activating group) is 1. The monoisotopic (exact) mass is 258 g/mol. The zero-order valence-corrected chi connectivity index (χ0v) is 11.7. The molecule has 1 saturated heterocycles. The number of carbonyl (C=O) groups excluding carboxylic acids is 2. The third kappa shape index (κ3) is 4.22. The molecule has 2 amide bonds. The summed E-state index contributed by atoms with van der Waals surface area (Å²) in [6.45, 7) is 4.20. The molecular formula is C12H22N2O2S. The first-order valence-corrected chi connectivity index (χ1v) is 7.35. The van der Waals surface area contributed by atoms with E-state index in [1.165, 1.54) is 0 Å². The maximum Gasteiger partial charge on any atom is 0.245 e. The van der Waals surface area contributed by atoms with E-state index in [0.717, 1.165) is 17.9 Å². The van der Waals surface area contributed by atoms with Crippen molar-refractivity contribution >= 4 is 23.6 Å². The highest BCUT2D eigenvalue weighted by Gasteiger charge is 2.30. The third-order valence-corrected chi connectivity index (χ3v) is 4.12. The summed E-state index contributed by atoms with van der Waals surface area (Å²) in [7, 11) is 1.83. The summed E-state index contributed by atoms with van der Waals surface area (Å²) in [5, 5.41) is 2.72. The minimum atomic E-state index is -0.297. The van der Waals surface area contributed by atoms with Gasteiger partial charge in [-0.15, -0.1) is 0 Å². The van der Waals surface area contributed by atoms with Gasteiger partial charge < -0.3 is 10.2 Å². The molecule has 0 radical (unpaired) electrons. The molecule has 1 aliphatic rings. The van der Waals surface area contributed by atoms with Crippen LogP contribution in [0.2, 0.25) is 0 Å². The Hall–Kier alpha value is -0.710. The molecule has 1 N–H and O–H groups in total. The summed E-state index contributed by atoms with van der Waals surface area (Å²) in [6.07, 6.45) is 2.12. The molecule has 0 aromatic rings. The Morgan fingerprint density at radius 1 is 1.65 bits per heavy atom. The Bertz CT molecular complexity index is 284. The highest BCUT2D eigenvalue weighted by Crippen LogP contribution is 2.13. The number of thioether (sulfide) groups is 1. The molecule has 0 spiro atoms. The molecule has 0 saturated carbocycles. The van der Waals surface area contributed by atoms with Crippen molar-refractivity contribution in [3.8, 4) is 0 Å². The maximum atomic E-state index is 12.1. The SMILES string of the molecule is CCSCC[C@@H](C)N(C)C(=O)[C@H]1CCC(=O)N1. The van der Waals surface area contributed by atoms with Gasteiger partial charge in [0.1, 0.15) is 6.04 Å². The minimum absolute atomic E-state index is 0.00839. The van der Waals surface area contributed by atoms with Crippen molar-refractivity contribution in [2.45, 2.75) is 45.2 Å². The first-order chi connectivity index (χ1) is 8.06. The Morgan fingerprint density at radius 3 is 2.88 bits per heavy atom. The Labute approximate surface area is 108 Å².